The molecule has 0 radical (unpaired) electrons. The largest absolute Gasteiger partial charge is 0.481 e. The van der Waals surface area contributed by atoms with Crippen LogP contribution in [-0.2, 0) is 21.4 Å². The SMILES string of the molecule is O=C(O)CCc1ccc(C(F)(F)P(=O)(O)O)cc1. The number of hydrogen-bond donors (Lipinski definition) is 3. The van der Waals surface area contributed by atoms with Crippen molar-refractivity contribution in [1.29, 1.82) is 0 Å². The molecule has 18 heavy (non-hydrogen) atoms. The minimum absolute atomic E-state index is 0.145. The molecule has 0 heterocycles. The summed E-state index contributed by atoms with van der Waals surface area (Å²) in [7, 11) is -5.56. The maximum atomic E-state index is 13.3. The van der Waals surface area contributed by atoms with Crippen molar-refractivity contribution < 1.29 is 33.0 Å². The maximum Gasteiger partial charge on any atom is 0.399 e. The first-order valence-electron chi connectivity index (χ1n) is 4.89. The molecule has 0 fully saturated rings. The highest BCUT2D eigenvalue weighted by molar-refractivity contribution is 7.52. The summed E-state index contributed by atoms with van der Waals surface area (Å²) in [6, 6.07) is 4.22. The Morgan fingerprint density at radius 2 is 1.72 bits per heavy atom. The molecule has 0 aliphatic rings. The van der Waals surface area contributed by atoms with Crippen LogP contribution in [0.1, 0.15) is 17.5 Å². The lowest BCUT2D eigenvalue weighted by Gasteiger charge is -2.17. The van der Waals surface area contributed by atoms with Crippen LogP contribution in [0.5, 0.6) is 0 Å². The second-order valence-corrected chi connectivity index (χ2v) is 5.33. The van der Waals surface area contributed by atoms with Crippen LogP contribution in [0.15, 0.2) is 24.3 Å². The molecule has 0 aromatic heterocycles. The monoisotopic (exact) mass is 280 g/mol. The summed E-state index contributed by atoms with van der Waals surface area (Å²) in [6.07, 6.45) is 0.0192. The molecule has 1 aromatic rings. The van der Waals surface area contributed by atoms with Crippen molar-refractivity contribution in [2.24, 2.45) is 0 Å². The molecular weight excluding hydrogens is 269 g/mol. The standard InChI is InChI=1S/C10H11F2O5P/c11-10(12,18(15,16)17)8-4-1-7(2-5-8)3-6-9(13)14/h1-2,4-5H,3,6H2,(H,13,14)(H2,15,16,17). The van der Waals surface area contributed by atoms with Gasteiger partial charge in [0.25, 0.3) is 0 Å². The van der Waals surface area contributed by atoms with E-state index in [2.05, 4.69) is 0 Å². The van der Waals surface area contributed by atoms with Crippen molar-refractivity contribution in [3.05, 3.63) is 35.4 Å². The molecule has 0 amide bonds. The smallest absolute Gasteiger partial charge is 0.399 e. The van der Waals surface area contributed by atoms with E-state index in [1.165, 1.54) is 12.1 Å². The van der Waals surface area contributed by atoms with Gasteiger partial charge in [0.05, 0.1) is 0 Å². The van der Waals surface area contributed by atoms with E-state index >= 15 is 0 Å². The Hall–Kier alpha value is -1.30. The first-order chi connectivity index (χ1) is 8.14. The highest BCUT2D eigenvalue weighted by Crippen LogP contribution is 2.59. The fraction of sp³-hybridized carbons (Fsp3) is 0.300. The molecule has 3 N–H and O–H groups in total. The van der Waals surface area contributed by atoms with Gasteiger partial charge in [0.2, 0.25) is 0 Å². The van der Waals surface area contributed by atoms with Gasteiger partial charge in [-0.05, 0) is 12.0 Å². The first-order valence-corrected chi connectivity index (χ1v) is 6.50. The zero-order chi connectivity index (χ0) is 14.0. The average Bonchev–Trinajstić information content (AvgIpc) is 2.25. The minimum atomic E-state index is -5.56. The van der Waals surface area contributed by atoms with Gasteiger partial charge >= 0.3 is 19.2 Å². The van der Waals surface area contributed by atoms with E-state index in [0.29, 0.717) is 5.56 Å². The van der Waals surface area contributed by atoms with E-state index in [-0.39, 0.29) is 12.8 Å². The predicted octanol–water partition coefficient (Wildman–Crippen LogP) is 1.93. The number of carboxylic acids is 1. The summed E-state index contributed by atoms with van der Waals surface area (Å²) >= 11 is 0. The molecule has 0 saturated carbocycles. The summed E-state index contributed by atoms with van der Waals surface area (Å²) in [6.45, 7) is 0. The Morgan fingerprint density at radius 3 is 2.11 bits per heavy atom. The van der Waals surface area contributed by atoms with Crippen LogP contribution in [-0.4, -0.2) is 20.9 Å². The van der Waals surface area contributed by atoms with E-state index in [4.69, 9.17) is 14.9 Å². The lowest BCUT2D eigenvalue weighted by atomic mass is 10.1. The predicted molar refractivity (Wildman–Crippen MR) is 58.3 cm³/mol. The summed E-state index contributed by atoms with van der Waals surface area (Å²) in [5.41, 5.74) is -4.53. The Kier molecular flexibility index (Phi) is 4.21. The average molecular weight is 280 g/mol. The fourth-order valence-corrected chi connectivity index (χ4v) is 1.78. The number of aryl methyl sites for hydroxylation is 1. The topological polar surface area (TPSA) is 94.8 Å². The number of alkyl halides is 2. The molecule has 0 aliphatic carbocycles. The zero-order valence-electron chi connectivity index (χ0n) is 9.08. The van der Waals surface area contributed by atoms with Crippen molar-refractivity contribution in [3.8, 4) is 0 Å². The van der Waals surface area contributed by atoms with E-state index in [0.717, 1.165) is 12.1 Å². The maximum absolute atomic E-state index is 13.3. The van der Waals surface area contributed by atoms with Gasteiger partial charge < -0.3 is 14.9 Å². The summed E-state index contributed by atoms with van der Waals surface area (Å²) in [4.78, 5) is 27.4. The van der Waals surface area contributed by atoms with Crippen molar-refractivity contribution in [1.82, 2.24) is 0 Å². The molecule has 0 saturated heterocycles. The number of carbonyl (C=O) groups is 1. The Balaban J connectivity index is 2.89. The van der Waals surface area contributed by atoms with Crippen LogP contribution in [0.4, 0.5) is 8.78 Å². The Morgan fingerprint density at radius 1 is 1.22 bits per heavy atom. The van der Waals surface area contributed by atoms with Gasteiger partial charge in [-0.25, -0.2) is 0 Å². The summed E-state index contributed by atoms with van der Waals surface area (Å²) in [5, 5.41) is 8.44. The quantitative estimate of drug-likeness (QED) is 0.716. The Bertz CT molecular complexity index is 480. The normalized spacial score (nSPS) is 12.4. The van der Waals surface area contributed by atoms with Crippen molar-refractivity contribution in [3.63, 3.8) is 0 Å². The Labute approximate surface area is 101 Å². The minimum Gasteiger partial charge on any atom is -0.481 e. The van der Waals surface area contributed by atoms with Crippen LogP contribution in [0, 0.1) is 0 Å². The van der Waals surface area contributed by atoms with Gasteiger partial charge in [0.15, 0.2) is 0 Å². The van der Waals surface area contributed by atoms with Crippen LogP contribution < -0.4 is 0 Å². The van der Waals surface area contributed by atoms with Gasteiger partial charge in [0.1, 0.15) is 0 Å². The highest BCUT2D eigenvalue weighted by Gasteiger charge is 2.50. The summed E-state index contributed by atoms with van der Waals surface area (Å²) < 4.78 is 37.1. The number of halogens is 2. The van der Waals surface area contributed by atoms with Crippen LogP contribution in [0.3, 0.4) is 0 Å². The molecular formula is C10H11F2O5P. The molecule has 1 aromatic carbocycles. The van der Waals surface area contributed by atoms with Gasteiger partial charge in [-0.1, -0.05) is 24.3 Å². The van der Waals surface area contributed by atoms with Crippen LogP contribution in [0.25, 0.3) is 0 Å². The molecule has 1 rings (SSSR count). The molecule has 0 aliphatic heterocycles. The van der Waals surface area contributed by atoms with Crippen molar-refractivity contribution >= 4 is 13.6 Å². The zero-order valence-corrected chi connectivity index (χ0v) is 9.98. The van der Waals surface area contributed by atoms with E-state index in [1.54, 1.807) is 0 Å². The molecule has 0 unspecified atom stereocenters. The fourth-order valence-electron chi connectivity index (χ4n) is 1.29. The summed E-state index contributed by atoms with van der Waals surface area (Å²) in [5.74, 6) is -1.01. The van der Waals surface area contributed by atoms with Crippen LogP contribution in [0.2, 0.25) is 0 Å². The van der Waals surface area contributed by atoms with E-state index in [1.807, 2.05) is 0 Å². The number of rotatable bonds is 5. The third-order valence-corrected chi connectivity index (χ3v) is 3.28. The van der Waals surface area contributed by atoms with Gasteiger partial charge in [-0.2, -0.15) is 8.78 Å². The molecule has 0 atom stereocenters. The second kappa shape index (κ2) is 5.14. The molecule has 100 valence electrons. The number of benzene rings is 1. The first kappa shape index (κ1) is 14.8. The number of carboxylic acid groups (broad SMARTS) is 1. The van der Waals surface area contributed by atoms with E-state index in [9.17, 15) is 18.1 Å². The van der Waals surface area contributed by atoms with Crippen molar-refractivity contribution in [2.75, 3.05) is 0 Å². The molecule has 0 bridgehead atoms. The van der Waals surface area contributed by atoms with Crippen LogP contribution >= 0.6 is 7.60 Å². The lowest BCUT2D eigenvalue weighted by molar-refractivity contribution is -0.136. The molecule has 0 spiro atoms. The third kappa shape index (κ3) is 3.35. The van der Waals surface area contributed by atoms with Gasteiger partial charge in [-0.3, -0.25) is 9.36 Å². The molecule has 5 nitrogen and oxygen atoms in total. The number of hydrogen-bond acceptors (Lipinski definition) is 2. The van der Waals surface area contributed by atoms with Crippen molar-refractivity contribution in [2.45, 2.75) is 18.5 Å². The lowest BCUT2D eigenvalue weighted by Crippen LogP contribution is -2.13. The molecule has 8 heteroatoms. The van der Waals surface area contributed by atoms with E-state index < -0.39 is 24.8 Å². The highest BCUT2D eigenvalue weighted by atomic mass is 31.2. The second-order valence-electron chi connectivity index (χ2n) is 3.68. The number of aliphatic carboxylic acids is 1. The third-order valence-electron chi connectivity index (χ3n) is 2.29. The van der Waals surface area contributed by atoms with Gasteiger partial charge in [-0.15, -0.1) is 0 Å². The van der Waals surface area contributed by atoms with Gasteiger partial charge in [0, 0.05) is 12.0 Å².